The van der Waals surface area contributed by atoms with Crippen molar-refractivity contribution in [2.24, 2.45) is 5.41 Å². The van der Waals surface area contributed by atoms with Crippen LogP contribution in [0.25, 0.3) is 0 Å². The quantitative estimate of drug-likeness (QED) is 0.671. The molecule has 2 aromatic carbocycles. The average molecular weight is 396 g/mol. The van der Waals surface area contributed by atoms with Crippen LogP contribution < -0.4 is 20.1 Å². The monoisotopic (exact) mass is 396 g/mol. The second-order valence-corrected chi connectivity index (χ2v) is 7.53. The van der Waals surface area contributed by atoms with Gasteiger partial charge in [0.2, 0.25) is 11.8 Å². The van der Waals surface area contributed by atoms with Crippen LogP contribution in [0.5, 0.6) is 11.5 Å². The summed E-state index contributed by atoms with van der Waals surface area (Å²) in [6.07, 6.45) is 1.79. The molecule has 0 bridgehead atoms. The van der Waals surface area contributed by atoms with E-state index in [0.717, 1.165) is 22.4 Å². The fraction of sp³-hybridized carbons (Fsp3) is 0.391. The highest BCUT2D eigenvalue weighted by atomic mass is 16.5. The fourth-order valence-corrected chi connectivity index (χ4v) is 3.28. The molecular weight excluding hydrogens is 368 g/mol. The Morgan fingerprint density at radius 3 is 2.28 bits per heavy atom. The summed E-state index contributed by atoms with van der Waals surface area (Å²) in [5.41, 5.74) is 3.06. The van der Waals surface area contributed by atoms with Crippen LogP contribution in [0.1, 0.15) is 29.5 Å². The summed E-state index contributed by atoms with van der Waals surface area (Å²) < 4.78 is 10.5. The van der Waals surface area contributed by atoms with Crippen LogP contribution in [0, 0.1) is 19.3 Å². The third kappa shape index (κ3) is 4.53. The Kier molecular flexibility index (Phi) is 6.11. The molecule has 0 saturated heterocycles. The molecule has 0 aliphatic heterocycles. The molecule has 1 fully saturated rings. The van der Waals surface area contributed by atoms with Gasteiger partial charge in [-0.1, -0.05) is 12.1 Å². The highest BCUT2D eigenvalue weighted by molar-refractivity contribution is 6.13. The van der Waals surface area contributed by atoms with E-state index in [1.54, 1.807) is 14.2 Å². The van der Waals surface area contributed by atoms with Gasteiger partial charge < -0.3 is 20.1 Å². The van der Waals surface area contributed by atoms with Crippen molar-refractivity contribution in [1.82, 2.24) is 5.32 Å². The van der Waals surface area contributed by atoms with Crippen LogP contribution >= 0.6 is 0 Å². The van der Waals surface area contributed by atoms with E-state index in [4.69, 9.17) is 9.47 Å². The number of carbonyl (C=O) groups excluding carboxylic acids is 2. The van der Waals surface area contributed by atoms with E-state index in [9.17, 15) is 9.59 Å². The summed E-state index contributed by atoms with van der Waals surface area (Å²) in [7, 11) is 3.18. The Labute approximate surface area is 171 Å². The summed E-state index contributed by atoms with van der Waals surface area (Å²) in [6.45, 7) is 4.47. The van der Waals surface area contributed by atoms with E-state index in [1.807, 2.05) is 50.2 Å². The van der Waals surface area contributed by atoms with Crippen LogP contribution in [0.2, 0.25) is 0 Å². The normalized spacial score (nSPS) is 14.1. The van der Waals surface area contributed by atoms with Gasteiger partial charge in [-0.05, 0) is 74.1 Å². The van der Waals surface area contributed by atoms with Crippen molar-refractivity contribution in [3.05, 3.63) is 53.1 Å². The van der Waals surface area contributed by atoms with Crippen LogP contribution in [0.4, 0.5) is 5.69 Å². The molecular formula is C23H28N2O4. The van der Waals surface area contributed by atoms with Gasteiger partial charge in [-0.2, -0.15) is 0 Å². The third-order valence-electron chi connectivity index (χ3n) is 5.53. The number of amides is 2. The molecule has 0 spiro atoms. The SMILES string of the molecule is COc1ccc(CCNC(=O)C2(C(=O)Nc3ccc(C)c(C)c3)CC2)cc1OC. The van der Waals surface area contributed by atoms with Crippen molar-refractivity contribution in [2.45, 2.75) is 33.1 Å². The second kappa shape index (κ2) is 8.55. The maximum atomic E-state index is 12.7. The average Bonchev–Trinajstić information content (AvgIpc) is 3.52. The molecule has 1 aliphatic rings. The van der Waals surface area contributed by atoms with Crippen LogP contribution in [0.3, 0.4) is 0 Å². The van der Waals surface area contributed by atoms with Gasteiger partial charge in [0.1, 0.15) is 5.41 Å². The van der Waals surface area contributed by atoms with E-state index < -0.39 is 5.41 Å². The number of hydrogen-bond acceptors (Lipinski definition) is 4. The van der Waals surface area contributed by atoms with E-state index in [1.165, 1.54) is 0 Å². The number of carbonyl (C=O) groups is 2. The smallest absolute Gasteiger partial charge is 0.240 e. The molecule has 1 saturated carbocycles. The minimum Gasteiger partial charge on any atom is -0.493 e. The lowest BCUT2D eigenvalue weighted by molar-refractivity contribution is -0.134. The van der Waals surface area contributed by atoms with Gasteiger partial charge in [-0.25, -0.2) is 0 Å². The number of aryl methyl sites for hydroxylation is 2. The van der Waals surface area contributed by atoms with Crippen molar-refractivity contribution >= 4 is 17.5 Å². The number of benzene rings is 2. The Morgan fingerprint density at radius 1 is 0.931 bits per heavy atom. The first-order chi connectivity index (χ1) is 13.9. The first kappa shape index (κ1) is 20.7. The number of nitrogens with one attached hydrogen (secondary N) is 2. The summed E-state index contributed by atoms with van der Waals surface area (Å²) in [6, 6.07) is 11.4. The molecule has 3 rings (SSSR count). The Bertz CT molecular complexity index is 919. The minimum absolute atomic E-state index is 0.209. The summed E-state index contributed by atoms with van der Waals surface area (Å²) >= 11 is 0. The van der Waals surface area contributed by atoms with E-state index >= 15 is 0 Å². The molecule has 29 heavy (non-hydrogen) atoms. The van der Waals surface area contributed by atoms with E-state index in [0.29, 0.717) is 37.3 Å². The molecule has 2 N–H and O–H groups in total. The summed E-state index contributed by atoms with van der Waals surface area (Å²) in [5.74, 6) is 0.881. The third-order valence-corrected chi connectivity index (χ3v) is 5.53. The Hall–Kier alpha value is -3.02. The van der Waals surface area contributed by atoms with Crippen molar-refractivity contribution < 1.29 is 19.1 Å². The zero-order valence-electron chi connectivity index (χ0n) is 17.4. The molecule has 0 atom stereocenters. The lowest BCUT2D eigenvalue weighted by atomic mass is 10.0. The van der Waals surface area contributed by atoms with Gasteiger partial charge in [0.25, 0.3) is 0 Å². The molecule has 2 amide bonds. The fourth-order valence-electron chi connectivity index (χ4n) is 3.28. The molecule has 6 heteroatoms. The van der Waals surface area contributed by atoms with Gasteiger partial charge in [-0.15, -0.1) is 0 Å². The van der Waals surface area contributed by atoms with Crippen LogP contribution in [-0.4, -0.2) is 32.6 Å². The van der Waals surface area contributed by atoms with Gasteiger partial charge in [-0.3, -0.25) is 9.59 Å². The maximum Gasteiger partial charge on any atom is 0.240 e. The van der Waals surface area contributed by atoms with E-state index in [2.05, 4.69) is 10.6 Å². The first-order valence-corrected chi connectivity index (χ1v) is 9.77. The Morgan fingerprint density at radius 2 is 1.66 bits per heavy atom. The molecule has 1 aliphatic carbocycles. The summed E-state index contributed by atoms with van der Waals surface area (Å²) in [4.78, 5) is 25.4. The minimum atomic E-state index is -0.948. The molecule has 0 unspecified atom stereocenters. The predicted molar refractivity (Wildman–Crippen MR) is 112 cm³/mol. The number of hydrogen-bond donors (Lipinski definition) is 2. The first-order valence-electron chi connectivity index (χ1n) is 9.77. The van der Waals surface area contributed by atoms with Crippen molar-refractivity contribution in [2.75, 3.05) is 26.1 Å². The standard InChI is InChI=1S/C23H28N2O4/c1-15-5-7-18(13-16(15)2)25-22(27)23(10-11-23)21(26)24-12-9-17-6-8-19(28-3)20(14-17)29-4/h5-8,13-14H,9-12H2,1-4H3,(H,24,26)(H,25,27). The summed E-state index contributed by atoms with van der Waals surface area (Å²) in [5, 5.41) is 5.81. The van der Waals surface area contributed by atoms with Crippen molar-refractivity contribution in [1.29, 1.82) is 0 Å². The number of anilines is 1. The Balaban J connectivity index is 1.56. The lowest BCUT2D eigenvalue weighted by Crippen LogP contribution is -2.40. The van der Waals surface area contributed by atoms with Gasteiger partial charge in [0.05, 0.1) is 14.2 Å². The van der Waals surface area contributed by atoms with Gasteiger partial charge in [0, 0.05) is 12.2 Å². The second-order valence-electron chi connectivity index (χ2n) is 7.53. The van der Waals surface area contributed by atoms with Crippen molar-refractivity contribution in [3.63, 3.8) is 0 Å². The number of ether oxygens (including phenoxy) is 2. The molecule has 154 valence electrons. The number of rotatable bonds is 8. The maximum absolute atomic E-state index is 12.7. The van der Waals surface area contributed by atoms with Crippen LogP contribution in [-0.2, 0) is 16.0 Å². The molecule has 0 aromatic heterocycles. The molecule has 6 nitrogen and oxygen atoms in total. The zero-order valence-corrected chi connectivity index (χ0v) is 17.4. The highest BCUT2D eigenvalue weighted by Gasteiger charge is 2.56. The lowest BCUT2D eigenvalue weighted by Gasteiger charge is -2.16. The number of methoxy groups -OCH3 is 2. The van der Waals surface area contributed by atoms with Crippen LogP contribution in [0.15, 0.2) is 36.4 Å². The van der Waals surface area contributed by atoms with Gasteiger partial charge >= 0.3 is 0 Å². The van der Waals surface area contributed by atoms with Gasteiger partial charge in [0.15, 0.2) is 11.5 Å². The molecule has 2 aromatic rings. The predicted octanol–water partition coefficient (Wildman–Crippen LogP) is 3.40. The largest absolute Gasteiger partial charge is 0.493 e. The highest BCUT2D eigenvalue weighted by Crippen LogP contribution is 2.46. The van der Waals surface area contributed by atoms with E-state index in [-0.39, 0.29) is 11.8 Å². The molecule has 0 heterocycles. The topological polar surface area (TPSA) is 76.7 Å². The zero-order chi connectivity index (χ0) is 21.0. The molecule has 0 radical (unpaired) electrons. The van der Waals surface area contributed by atoms with Crippen molar-refractivity contribution in [3.8, 4) is 11.5 Å².